The van der Waals surface area contributed by atoms with Crippen molar-refractivity contribution in [3.8, 4) is 5.75 Å². The van der Waals surface area contributed by atoms with Crippen molar-refractivity contribution in [1.82, 2.24) is 9.88 Å². The largest absolute Gasteiger partial charge is 0.507 e. The zero-order valence-electron chi connectivity index (χ0n) is 17.0. The van der Waals surface area contributed by atoms with Crippen LogP contribution in [0.1, 0.15) is 49.3 Å². The van der Waals surface area contributed by atoms with Gasteiger partial charge in [-0.1, -0.05) is 42.5 Å². The summed E-state index contributed by atoms with van der Waals surface area (Å²) in [5, 5.41) is 11.6. The van der Waals surface area contributed by atoms with Gasteiger partial charge in [0.2, 0.25) is 0 Å². The number of ether oxygens (including phenoxy) is 1. The maximum absolute atomic E-state index is 13.1. The molecule has 6 nitrogen and oxygen atoms in total. The van der Waals surface area contributed by atoms with Gasteiger partial charge in [0.1, 0.15) is 5.76 Å². The maximum atomic E-state index is 13.1. The van der Waals surface area contributed by atoms with Crippen LogP contribution in [0.2, 0.25) is 10.0 Å². The molecule has 1 atom stereocenters. The van der Waals surface area contributed by atoms with Gasteiger partial charge in [-0.15, -0.1) is 0 Å². The number of aliphatic hydroxyl groups is 1. The summed E-state index contributed by atoms with van der Waals surface area (Å²) in [5.41, 5.74) is 0.989. The molecule has 0 radical (unpaired) electrons. The lowest BCUT2D eigenvalue weighted by atomic mass is 9.91. The van der Waals surface area contributed by atoms with Gasteiger partial charge in [-0.3, -0.25) is 14.6 Å². The summed E-state index contributed by atoms with van der Waals surface area (Å²) < 4.78 is 5.16. The van der Waals surface area contributed by atoms with Crippen molar-refractivity contribution in [2.45, 2.75) is 44.2 Å². The summed E-state index contributed by atoms with van der Waals surface area (Å²) in [6, 6.07) is 5.70. The predicted molar refractivity (Wildman–Crippen MR) is 118 cm³/mol. The van der Waals surface area contributed by atoms with Gasteiger partial charge >= 0.3 is 0 Å². The highest BCUT2D eigenvalue weighted by Gasteiger charge is 2.48. The van der Waals surface area contributed by atoms with Crippen molar-refractivity contribution >= 4 is 40.7 Å². The number of benzene rings is 1. The maximum Gasteiger partial charge on any atom is 0.295 e. The second-order valence-electron chi connectivity index (χ2n) is 7.75. The molecule has 1 aliphatic heterocycles. The van der Waals surface area contributed by atoms with Crippen LogP contribution in [0.15, 0.2) is 42.2 Å². The van der Waals surface area contributed by atoms with Crippen LogP contribution in [0.5, 0.6) is 5.75 Å². The minimum Gasteiger partial charge on any atom is -0.507 e. The molecule has 8 heteroatoms. The summed E-state index contributed by atoms with van der Waals surface area (Å²) >= 11 is 12.5. The Balaban J connectivity index is 1.88. The average molecular weight is 461 g/mol. The number of amides is 1. The third kappa shape index (κ3) is 3.90. The number of nitrogens with zero attached hydrogens (tertiary/aromatic N) is 2. The van der Waals surface area contributed by atoms with E-state index in [1.807, 2.05) is 0 Å². The van der Waals surface area contributed by atoms with Gasteiger partial charge in [0.05, 0.1) is 28.8 Å². The monoisotopic (exact) mass is 460 g/mol. The van der Waals surface area contributed by atoms with Crippen molar-refractivity contribution in [3.63, 3.8) is 0 Å². The van der Waals surface area contributed by atoms with E-state index in [2.05, 4.69) is 4.98 Å². The summed E-state index contributed by atoms with van der Waals surface area (Å²) in [6.07, 6.45) is 7.99. The Morgan fingerprint density at radius 1 is 1.10 bits per heavy atom. The molecule has 31 heavy (non-hydrogen) atoms. The number of hydrogen-bond donors (Lipinski definition) is 1. The smallest absolute Gasteiger partial charge is 0.295 e. The van der Waals surface area contributed by atoms with E-state index >= 15 is 0 Å². The molecule has 1 aromatic carbocycles. The minimum atomic E-state index is -0.715. The number of ketones is 1. The first-order valence-electron chi connectivity index (χ1n) is 10.2. The molecule has 2 aromatic rings. The van der Waals surface area contributed by atoms with Crippen molar-refractivity contribution in [2.24, 2.45) is 0 Å². The number of aliphatic hydroxyl groups excluding tert-OH is 1. The number of likely N-dealkylation sites (tertiary alicyclic amines) is 1. The molecular weight excluding hydrogens is 439 g/mol. The average Bonchev–Trinajstić information content (AvgIpc) is 3.05. The lowest BCUT2D eigenvalue weighted by Gasteiger charge is -2.35. The molecule has 1 saturated heterocycles. The van der Waals surface area contributed by atoms with Crippen LogP contribution >= 0.6 is 23.2 Å². The number of carbonyl (C=O) groups is 2. The molecule has 4 rings (SSSR count). The van der Waals surface area contributed by atoms with E-state index in [1.165, 1.54) is 19.2 Å². The SMILES string of the molecule is COc1c(Cl)cc(/C(O)=C2\C(=O)C(=O)N(C3CCCCC3)C2c2ccncc2)cc1Cl. The fourth-order valence-electron chi connectivity index (χ4n) is 4.51. The molecule has 1 saturated carbocycles. The van der Waals surface area contributed by atoms with Crippen LogP contribution in [0, 0.1) is 0 Å². The first kappa shape index (κ1) is 21.7. The Bertz CT molecular complexity index is 1030. The Hall–Kier alpha value is -2.57. The number of methoxy groups -OCH3 is 1. The minimum absolute atomic E-state index is 0.0269. The topological polar surface area (TPSA) is 79.7 Å². The van der Waals surface area contributed by atoms with Gasteiger partial charge in [-0.2, -0.15) is 0 Å². The fraction of sp³-hybridized carbons (Fsp3) is 0.348. The molecule has 1 amide bonds. The summed E-state index contributed by atoms with van der Waals surface area (Å²) in [4.78, 5) is 31.9. The highest BCUT2D eigenvalue weighted by Crippen LogP contribution is 2.44. The van der Waals surface area contributed by atoms with Crippen molar-refractivity contribution < 1.29 is 19.4 Å². The van der Waals surface area contributed by atoms with E-state index in [9.17, 15) is 14.7 Å². The number of aromatic nitrogens is 1. The molecule has 0 spiro atoms. The van der Waals surface area contributed by atoms with E-state index in [-0.39, 0.29) is 38.7 Å². The standard InChI is InChI=1S/C23H22Cl2N2O4/c1-31-22-16(24)11-14(12-17(22)25)20(28)18-19(13-7-9-26-10-8-13)27(23(30)21(18)29)15-5-3-2-4-6-15/h7-12,15,19,28H,2-6H2,1H3/b20-18+. The molecule has 1 aromatic heterocycles. The van der Waals surface area contributed by atoms with Gasteiger partial charge in [0, 0.05) is 24.0 Å². The Kier molecular flexibility index (Phi) is 6.21. The van der Waals surface area contributed by atoms with E-state index in [0.29, 0.717) is 5.56 Å². The van der Waals surface area contributed by atoms with Gasteiger partial charge in [0.25, 0.3) is 11.7 Å². The number of rotatable bonds is 4. The van der Waals surface area contributed by atoms with Crippen LogP contribution in [0.25, 0.3) is 5.76 Å². The van der Waals surface area contributed by atoms with Crippen LogP contribution in [0.4, 0.5) is 0 Å². The molecule has 2 fully saturated rings. The Labute approximate surface area is 190 Å². The first-order chi connectivity index (χ1) is 14.9. The van der Waals surface area contributed by atoms with Crippen LogP contribution in [-0.2, 0) is 9.59 Å². The van der Waals surface area contributed by atoms with Crippen LogP contribution in [-0.4, -0.2) is 39.8 Å². The molecule has 2 heterocycles. The molecule has 1 unspecified atom stereocenters. The lowest BCUT2D eigenvalue weighted by molar-refractivity contribution is -0.141. The highest BCUT2D eigenvalue weighted by atomic mass is 35.5. The van der Waals surface area contributed by atoms with E-state index in [0.717, 1.165) is 32.1 Å². The zero-order valence-corrected chi connectivity index (χ0v) is 18.5. The van der Waals surface area contributed by atoms with Crippen molar-refractivity contribution in [3.05, 3.63) is 63.4 Å². The van der Waals surface area contributed by atoms with Crippen molar-refractivity contribution in [1.29, 1.82) is 0 Å². The number of halogens is 2. The molecule has 162 valence electrons. The normalized spacial score (nSPS) is 21.5. The number of pyridine rings is 1. The van der Waals surface area contributed by atoms with E-state index < -0.39 is 17.7 Å². The Morgan fingerprint density at radius 2 is 1.71 bits per heavy atom. The highest BCUT2D eigenvalue weighted by molar-refractivity contribution is 6.47. The van der Waals surface area contributed by atoms with E-state index in [4.69, 9.17) is 27.9 Å². The third-order valence-corrected chi connectivity index (χ3v) is 6.51. The molecular formula is C23H22Cl2N2O4. The first-order valence-corrected chi connectivity index (χ1v) is 10.9. The summed E-state index contributed by atoms with van der Waals surface area (Å²) in [6.45, 7) is 0. The number of Topliss-reactive ketones (excluding diaryl/α,β-unsaturated/α-hetero) is 1. The van der Waals surface area contributed by atoms with Crippen molar-refractivity contribution in [2.75, 3.05) is 7.11 Å². The lowest BCUT2D eigenvalue weighted by Crippen LogP contribution is -2.40. The molecule has 1 aliphatic carbocycles. The third-order valence-electron chi connectivity index (χ3n) is 5.95. The van der Waals surface area contributed by atoms with Crippen LogP contribution < -0.4 is 4.74 Å². The quantitative estimate of drug-likeness (QED) is 0.387. The Morgan fingerprint density at radius 3 is 2.29 bits per heavy atom. The molecule has 1 N–H and O–H groups in total. The summed E-state index contributed by atoms with van der Waals surface area (Å²) in [7, 11) is 1.44. The predicted octanol–water partition coefficient (Wildman–Crippen LogP) is 5.15. The second kappa shape index (κ2) is 8.89. The number of hydrogen-bond acceptors (Lipinski definition) is 5. The van der Waals surface area contributed by atoms with E-state index in [1.54, 1.807) is 29.4 Å². The molecule has 2 aliphatic rings. The molecule has 0 bridgehead atoms. The zero-order chi connectivity index (χ0) is 22.1. The summed E-state index contributed by atoms with van der Waals surface area (Å²) in [5.74, 6) is -1.35. The second-order valence-corrected chi connectivity index (χ2v) is 8.57. The van der Waals surface area contributed by atoms with Gasteiger partial charge in [-0.25, -0.2) is 0 Å². The van der Waals surface area contributed by atoms with Gasteiger partial charge < -0.3 is 14.7 Å². The van der Waals surface area contributed by atoms with Gasteiger partial charge in [0.15, 0.2) is 5.75 Å². The van der Waals surface area contributed by atoms with Gasteiger partial charge in [-0.05, 0) is 42.7 Å². The fourth-order valence-corrected chi connectivity index (χ4v) is 5.15. The van der Waals surface area contributed by atoms with Crippen LogP contribution in [0.3, 0.4) is 0 Å². The number of carbonyl (C=O) groups excluding carboxylic acids is 2.